The van der Waals surface area contributed by atoms with E-state index in [1.54, 1.807) is 0 Å². The van der Waals surface area contributed by atoms with Gasteiger partial charge >= 0.3 is 0 Å². The number of anilines is 5. The Morgan fingerprint density at radius 2 is 1.41 bits per heavy atom. The molecule has 0 fully saturated rings. The van der Waals surface area contributed by atoms with E-state index >= 15 is 0 Å². The van der Waals surface area contributed by atoms with Gasteiger partial charge in [-0.2, -0.15) is 0 Å². The maximum absolute atomic E-state index is 4.26. The quantitative estimate of drug-likeness (QED) is 0.164. The van der Waals surface area contributed by atoms with Crippen molar-refractivity contribution in [3.63, 3.8) is 0 Å². The second kappa shape index (κ2) is 16.4. The molecule has 0 radical (unpaired) electrons. The molecule has 2 heterocycles. The van der Waals surface area contributed by atoms with E-state index in [-0.39, 0.29) is 10.8 Å². The molecule has 7 aromatic carbocycles. The first kappa shape index (κ1) is 43.0. The second-order valence-electron chi connectivity index (χ2n) is 21.2. The van der Waals surface area contributed by atoms with Crippen molar-refractivity contribution in [1.29, 1.82) is 0 Å². The molecule has 338 valence electrons. The Morgan fingerprint density at radius 3 is 2.24 bits per heavy atom. The summed E-state index contributed by atoms with van der Waals surface area (Å²) in [4.78, 5) is 5.24. The maximum Gasteiger partial charge on any atom is 0.0739 e. The number of hydrogen-bond donors (Lipinski definition) is 1. The predicted octanol–water partition coefficient (Wildman–Crippen LogP) is 18.7. The lowest BCUT2D eigenvalue weighted by Crippen LogP contribution is -2.39. The highest BCUT2D eigenvalue weighted by Gasteiger charge is 2.49. The van der Waals surface area contributed by atoms with Crippen LogP contribution in [0.2, 0.25) is 0 Å². The van der Waals surface area contributed by atoms with Crippen molar-refractivity contribution < 1.29 is 0 Å². The minimum Gasteiger partial charge on any atom is -0.355 e. The number of nitrogens with zero attached hydrogens (tertiary/aromatic N) is 1. The molecule has 3 aliphatic carbocycles. The van der Waals surface area contributed by atoms with Gasteiger partial charge in [-0.1, -0.05) is 186 Å². The lowest BCUT2D eigenvalue weighted by atomic mass is 9.61. The Hall–Kier alpha value is -6.29. The highest BCUT2D eigenvalue weighted by atomic mass is 32.2. The SMILES string of the molecule is CCCC1=C(c2c(C)ccc(-c3cc4ccccc4c4c3Sc3cccc5c3N4c3ccccc3C5(C3=CCCC=C3)c3ccccc3)c2Nc2ccc3c(c2)C(C)(C)CCC3(C)C)CCC=C1. The lowest BCUT2D eigenvalue weighted by Gasteiger charge is -2.49. The van der Waals surface area contributed by atoms with Gasteiger partial charge in [0.15, 0.2) is 0 Å². The van der Waals surface area contributed by atoms with E-state index in [1.807, 2.05) is 11.8 Å². The topological polar surface area (TPSA) is 15.3 Å². The van der Waals surface area contributed by atoms with Crippen LogP contribution in [0.15, 0.2) is 185 Å². The van der Waals surface area contributed by atoms with Gasteiger partial charge in [0.25, 0.3) is 0 Å². The van der Waals surface area contributed by atoms with Crippen LogP contribution < -0.4 is 10.2 Å². The third-order valence-electron chi connectivity index (χ3n) is 16.1. The van der Waals surface area contributed by atoms with Crippen molar-refractivity contribution in [3.05, 3.63) is 214 Å². The zero-order chi connectivity index (χ0) is 46.4. The fourth-order valence-corrected chi connectivity index (χ4v) is 13.9. The summed E-state index contributed by atoms with van der Waals surface area (Å²) in [7, 11) is 0. The van der Waals surface area contributed by atoms with E-state index in [4.69, 9.17) is 0 Å². The van der Waals surface area contributed by atoms with E-state index in [1.165, 1.54) is 123 Å². The molecule has 1 N–H and O–H groups in total. The lowest BCUT2D eigenvalue weighted by molar-refractivity contribution is 0.332. The van der Waals surface area contributed by atoms with Crippen molar-refractivity contribution in [2.24, 2.45) is 0 Å². The van der Waals surface area contributed by atoms with Crippen LogP contribution in [-0.4, -0.2) is 0 Å². The molecule has 68 heavy (non-hydrogen) atoms. The number of benzene rings is 7. The number of rotatable bonds is 8. The summed E-state index contributed by atoms with van der Waals surface area (Å²) in [5.74, 6) is 0. The van der Waals surface area contributed by atoms with Gasteiger partial charge < -0.3 is 10.2 Å². The smallest absolute Gasteiger partial charge is 0.0739 e. The molecule has 7 aromatic rings. The zero-order valence-electron chi connectivity index (χ0n) is 40.6. The fourth-order valence-electron chi connectivity index (χ4n) is 12.7. The van der Waals surface area contributed by atoms with Crippen LogP contribution >= 0.6 is 11.8 Å². The summed E-state index contributed by atoms with van der Waals surface area (Å²) in [6.07, 6.45) is 20.9. The van der Waals surface area contributed by atoms with E-state index in [2.05, 4.69) is 216 Å². The molecule has 2 nitrogen and oxygen atoms in total. The molecule has 1 unspecified atom stereocenters. The van der Waals surface area contributed by atoms with Crippen LogP contribution in [0, 0.1) is 6.92 Å². The van der Waals surface area contributed by atoms with E-state index in [9.17, 15) is 0 Å². The first-order chi connectivity index (χ1) is 33.1. The van der Waals surface area contributed by atoms with Crippen LogP contribution in [-0.2, 0) is 16.2 Å². The van der Waals surface area contributed by atoms with Gasteiger partial charge in [-0.3, -0.25) is 0 Å². The zero-order valence-corrected chi connectivity index (χ0v) is 41.4. The average Bonchev–Trinajstić information content (AvgIpc) is 3.36. The summed E-state index contributed by atoms with van der Waals surface area (Å²) in [6.45, 7) is 14.4. The molecule has 2 aliphatic heterocycles. The van der Waals surface area contributed by atoms with E-state index in [0.29, 0.717) is 0 Å². The summed E-state index contributed by atoms with van der Waals surface area (Å²) < 4.78 is 0. The standard InChI is InChI=1S/C65H62N2S/c1-7-21-43-22-14-16-28-48(43)58-42(2)34-36-50(59(58)66-47-35-37-52-55(41-47)64(5,6)39-38-63(52,3)4)51-40-44-23-15-17-29-49(44)60-62(51)68-57-33-20-31-54-61(57)67(60)56-32-19-18-30-53(56)65(54,45-24-10-8-11-25-45)46-26-12-9-13-27-46/h8,10-12,14-15,17-20,22-27,29-37,40-41,66H,7,9,13,16,21,28,38-39H2,1-6H3. The Labute approximate surface area is 408 Å². The summed E-state index contributed by atoms with van der Waals surface area (Å²) in [5, 5.41) is 6.78. The molecule has 0 amide bonds. The largest absolute Gasteiger partial charge is 0.355 e. The molecule has 0 bridgehead atoms. The summed E-state index contributed by atoms with van der Waals surface area (Å²) in [6, 6.07) is 51.4. The maximum atomic E-state index is 4.26. The Kier molecular flexibility index (Phi) is 10.4. The van der Waals surface area contributed by atoms with Crippen molar-refractivity contribution in [1.82, 2.24) is 0 Å². The number of para-hydroxylation sites is 2. The Balaban J connectivity index is 1.14. The van der Waals surface area contributed by atoms with Crippen molar-refractivity contribution in [2.45, 2.75) is 119 Å². The second-order valence-corrected chi connectivity index (χ2v) is 22.3. The molecule has 3 heteroatoms. The van der Waals surface area contributed by atoms with Crippen molar-refractivity contribution in [2.75, 3.05) is 10.2 Å². The third-order valence-corrected chi connectivity index (χ3v) is 17.3. The molecular weight excluding hydrogens is 841 g/mol. The van der Waals surface area contributed by atoms with E-state index in [0.717, 1.165) is 44.2 Å². The molecule has 0 saturated carbocycles. The van der Waals surface area contributed by atoms with Crippen LogP contribution in [0.3, 0.4) is 0 Å². The number of aryl methyl sites for hydroxylation is 1. The average molecular weight is 903 g/mol. The molecule has 0 spiro atoms. The predicted molar refractivity (Wildman–Crippen MR) is 291 cm³/mol. The summed E-state index contributed by atoms with van der Waals surface area (Å²) in [5.41, 5.74) is 22.4. The molecule has 0 aromatic heterocycles. The first-order valence-electron chi connectivity index (χ1n) is 25.2. The Bertz CT molecular complexity index is 3320. The van der Waals surface area contributed by atoms with Gasteiger partial charge in [-0.25, -0.2) is 0 Å². The number of fused-ring (bicyclic) bond motifs is 7. The molecule has 5 aliphatic rings. The van der Waals surface area contributed by atoms with Crippen LogP contribution in [0.4, 0.5) is 28.4 Å². The highest BCUT2D eigenvalue weighted by Crippen LogP contribution is 2.66. The number of hydrogen-bond acceptors (Lipinski definition) is 3. The van der Waals surface area contributed by atoms with Crippen molar-refractivity contribution >= 4 is 56.5 Å². The number of allylic oxidation sites excluding steroid dienone is 8. The summed E-state index contributed by atoms with van der Waals surface area (Å²) >= 11 is 1.96. The van der Waals surface area contributed by atoms with Crippen molar-refractivity contribution in [3.8, 4) is 11.1 Å². The molecular formula is C65H62N2S. The van der Waals surface area contributed by atoms with Crippen LogP contribution in [0.25, 0.3) is 27.5 Å². The monoisotopic (exact) mass is 902 g/mol. The Morgan fingerprint density at radius 1 is 0.647 bits per heavy atom. The molecule has 12 rings (SSSR count). The van der Waals surface area contributed by atoms with E-state index < -0.39 is 5.41 Å². The van der Waals surface area contributed by atoms with Gasteiger partial charge in [-0.15, -0.1) is 0 Å². The van der Waals surface area contributed by atoms with Gasteiger partial charge in [-0.05, 0) is 149 Å². The van der Waals surface area contributed by atoms with Gasteiger partial charge in [0.1, 0.15) is 0 Å². The minimum atomic E-state index is -0.484. The highest BCUT2D eigenvalue weighted by molar-refractivity contribution is 8.00. The van der Waals surface area contributed by atoms with Crippen LogP contribution in [0.1, 0.15) is 125 Å². The van der Waals surface area contributed by atoms with Gasteiger partial charge in [0.05, 0.1) is 28.2 Å². The molecule has 1 atom stereocenters. The normalized spacial score (nSPS) is 19.5. The molecule has 0 saturated heterocycles. The fraction of sp³-hybridized carbons (Fsp3) is 0.262. The van der Waals surface area contributed by atoms with Crippen LogP contribution in [0.5, 0.6) is 0 Å². The first-order valence-corrected chi connectivity index (χ1v) is 26.1. The van der Waals surface area contributed by atoms with Gasteiger partial charge in [0.2, 0.25) is 0 Å². The minimum absolute atomic E-state index is 0.0960. The number of nitrogens with one attached hydrogen (secondary N) is 1. The third kappa shape index (κ3) is 6.59. The van der Waals surface area contributed by atoms with Gasteiger partial charge in [0, 0.05) is 37.6 Å².